The summed E-state index contributed by atoms with van der Waals surface area (Å²) in [5.74, 6) is 0.774. The van der Waals surface area contributed by atoms with Gasteiger partial charge in [0.25, 0.3) is 0 Å². The smallest absolute Gasteiger partial charge is 0.0456 e. The van der Waals surface area contributed by atoms with Gasteiger partial charge in [0.15, 0.2) is 0 Å². The van der Waals surface area contributed by atoms with E-state index in [9.17, 15) is 0 Å². The van der Waals surface area contributed by atoms with Gasteiger partial charge in [0.05, 0.1) is 0 Å². The van der Waals surface area contributed by atoms with Gasteiger partial charge in [-0.3, -0.25) is 4.90 Å². The fourth-order valence-electron chi connectivity index (χ4n) is 4.15. The normalized spacial score (nSPS) is 23.1. The van der Waals surface area contributed by atoms with E-state index in [4.69, 9.17) is 11.6 Å². The van der Waals surface area contributed by atoms with Crippen LogP contribution in [0.1, 0.15) is 49.3 Å². The third-order valence-electron chi connectivity index (χ3n) is 5.21. The number of halogens is 1. The Balaban J connectivity index is 1.94. The lowest BCUT2D eigenvalue weighted by Gasteiger charge is -2.42. The molecule has 3 heteroatoms. The van der Waals surface area contributed by atoms with Gasteiger partial charge in [-0.1, -0.05) is 43.0 Å². The molecule has 1 saturated heterocycles. The molecule has 0 amide bonds. The summed E-state index contributed by atoms with van der Waals surface area (Å²) in [6.45, 7) is 6.72. The van der Waals surface area contributed by atoms with E-state index in [1.807, 2.05) is 0 Å². The standard InChI is InChI=1S/C18H27ClN2/c1-14-6-5-9-16(19)17(14)18(15-7-3-2-4-8-15)21-12-10-20-11-13-21/h5-6,9,15,18,20H,2-4,7-8,10-13H2,1H3/t18-/m1/s1. The van der Waals surface area contributed by atoms with Gasteiger partial charge in [-0.15, -0.1) is 0 Å². The molecule has 21 heavy (non-hydrogen) atoms. The van der Waals surface area contributed by atoms with Crippen molar-refractivity contribution in [2.45, 2.75) is 45.1 Å². The van der Waals surface area contributed by atoms with Crippen molar-refractivity contribution in [2.75, 3.05) is 26.2 Å². The number of nitrogens with zero attached hydrogens (tertiary/aromatic N) is 1. The van der Waals surface area contributed by atoms with Crippen LogP contribution >= 0.6 is 11.6 Å². The van der Waals surface area contributed by atoms with E-state index in [1.165, 1.54) is 43.2 Å². The predicted molar refractivity (Wildman–Crippen MR) is 89.9 cm³/mol. The maximum Gasteiger partial charge on any atom is 0.0456 e. The highest BCUT2D eigenvalue weighted by Gasteiger charge is 2.32. The zero-order chi connectivity index (χ0) is 14.7. The van der Waals surface area contributed by atoms with E-state index in [-0.39, 0.29) is 0 Å². The molecule has 1 heterocycles. The van der Waals surface area contributed by atoms with Gasteiger partial charge in [0.2, 0.25) is 0 Å². The summed E-state index contributed by atoms with van der Waals surface area (Å²) in [7, 11) is 0. The van der Waals surface area contributed by atoms with Crippen molar-refractivity contribution in [1.82, 2.24) is 10.2 Å². The summed E-state index contributed by atoms with van der Waals surface area (Å²) in [6, 6.07) is 6.89. The summed E-state index contributed by atoms with van der Waals surface area (Å²) in [4.78, 5) is 2.68. The van der Waals surface area contributed by atoms with Gasteiger partial charge < -0.3 is 5.32 Å². The highest BCUT2D eigenvalue weighted by molar-refractivity contribution is 6.31. The zero-order valence-electron chi connectivity index (χ0n) is 13.1. The van der Waals surface area contributed by atoms with Crippen LogP contribution in [-0.4, -0.2) is 31.1 Å². The largest absolute Gasteiger partial charge is 0.314 e. The summed E-state index contributed by atoms with van der Waals surface area (Å²) in [6.07, 6.45) is 6.90. The Labute approximate surface area is 133 Å². The Morgan fingerprint density at radius 2 is 1.86 bits per heavy atom. The van der Waals surface area contributed by atoms with E-state index >= 15 is 0 Å². The number of rotatable bonds is 3. The molecule has 3 rings (SSSR count). The molecule has 0 unspecified atom stereocenters. The van der Waals surface area contributed by atoms with Crippen LogP contribution in [-0.2, 0) is 0 Å². The Bertz CT molecular complexity index is 424. The number of nitrogens with one attached hydrogen (secondary N) is 1. The minimum absolute atomic E-state index is 0.515. The SMILES string of the molecule is Cc1cccc(Cl)c1[C@@H](C1CCCCC1)N1CCNCC1. The molecule has 1 aromatic carbocycles. The van der Waals surface area contributed by atoms with Gasteiger partial charge in [0, 0.05) is 37.2 Å². The lowest BCUT2D eigenvalue weighted by Crippen LogP contribution is -2.47. The second-order valence-corrected chi connectivity index (χ2v) is 7.01. The van der Waals surface area contributed by atoms with Crippen molar-refractivity contribution in [3.63, 3.8) is 0 Å². The molecule has 0 aromatic heterocycles. The average Bonchev–Trinajstić information content (AvgIpc) is 2.53. The molecule has 2 nitrogen and oxygen atoms in total. The maximum absolute atomic E-state index is 6.62. The van der Waals surface area contributed by atoms with Gasteiger partial charge >= 0.3 is 0 Å². The minimum Gasteiger partial charge on any atom is -0.314 e. The van der Waals surface area contributed by atoms with Crippen LogP contribution in [0.4, 0.5) is 0 Å². The van der Waals surface area contributed by atoms with Gasteiger partial charge in [0.1, 0.15) is 0 Å². The van der Waals surface area contributed by atoms with Gasteiger partial charge in [-0.2, -0.15) is 0 Å². The summed E-state index contributed by atoms with van der Waals surface area (Å²) in [5, 5.41) is 4.44. The summed E-state index contributed by atoms with van der Waals surface area (Å²) in [5.41, 5.74) is 2.75. The zero-order valence-corrected chi connectivity index (χ0v) is 13.8. The quantitative estimate of drug-likeness (QED) is 0.901. The first-order valence-electron chi connectivity index (χ1n) is 8.47. The summed E-state index contributed by atoms with van der Waals surface area (Å²) >= 11 is 6.62. The maximum atomic E-state index is 6.62. The molecule has 2 aliphatic rings. The van der Waals surface area contributed by atoms with Crippen molar-refractivity contribution < 1.29 is 0 Å². The van der Waals surface area contributed by atoms with E-state index in [0.717, 1.165) is 37.1 Å². The topological polar surface area (TPSA) is 15.3 Å². The lowest BCUT2D eigenvalue weighted by molar-refractivity contribution is 0.103. The molecule has 0 bridgehead atoms. The number of hydrogen-bond donors (Lipinski definition) is 1. The fourth-order valence-corrected chi connectivity index (χ4v) is 4.48. The minimum atomic E-state index is 0.515. The van der Waals surface area contributed by atoms with Crippen molar-refractivity contribution in [3.8, 4) is 0 Å². The molecule has 1 aliphatic heterocycles. The van der Waals surface area contributed by atoms with E-state index in [0.29, 0.717) is 6.04 Å². The predicted octanol–water partition coefficient (Wildman–Crippen LogP) is 4.18. The number of benzene rings is 1. The summed E-state index contributed by atoms with van der Waals surface area (Å²) < 4.78 is 0. The van der Waals surface area contributed by atoms with E-state index in [1.54, 1.807) is 0 Å². The van der Waals surface area contributed by atoms with Crippen LogP contribution < -0.4 is 5.32 Å². The molecule has 0 spiro atoms. The average molecular weight is 307 g/mol. The molecule has 1 N–H and O–H groups in total. The molecule has 0 radical (unpaired) electrons. The Kier molecular flexibility index (Phi) is 5.20. The molecule has 1 saturated carbocycles. The fraction of sp³-hybridized carbons (Fsp3) is 0.667. The molecule has 1 aliphatic carbocycles. The third kappa shape index (κ3) is 3.44. The molecule has 116 valence electrons. The highest BCUT2D eigenvalue weighted by Crippen LogP contribution is 2.42. The first kappa shape index (κ1) is 15.3. The van der Waals surface area contributed by atoms with Crippen LogP contribution in [0.25, 0.3) is 0 Å². The molecular weight excluding hydrogens is 280 g/mol. The lowest BCUT2D eigenvalue weighted by atomic mass is 9.79. The molecular formula is C18H27ClN2. The van der Waals surface area contributed by atoms with Crippen molar-refractivity contribution in [3.05, 3.63) is 34.3 Å². The second-order valence-electron chi connectivity index (χ2n) is 6.60. The van der Waals surface area contributed by atoms with Crippen molar-refractivity contribution >= 4 is 11.6 Å². The van der Waals surface area contributed by atoms with Crippen LogP contribution in [0.3, 0.4) is 0 Å². The van der Waals surface area contributed by atoms with Crippen LogP contribution in [0, 0.1) is 12.8 Å². The molecule has 1 atom stereocenters. The van der Waals surface area contributed by atoms with Crippen LogP contribution in [0.2, 0.25) is 5.02 Å². The Morgan fingerprint density at radius 1 is 1.14 bits per heavy atom. The highest BCUT2D eigenvalue weighted by atomic mass is 35.5. The first-order valence-corrected chi connectivity index (χ1v) is 8.85. The first-order chi connectivity index (χ1) is 10.3. The van der Waals surface area contributed by atoms with Crippen LogP contribution in [0.5, 0.6) is 0 Å². The van der Waals surface area contributed by atoms with E-state index < -0.39 is 0 Å². The number of hydrogen-bond acceptors (Lipinski definition) is 2. The second kappa shape index (κ2) is 7.13. The molecule has 1 aromatic rings. The van der Waals surface area contributed by atoms with Crippen molar-refractivity contribution in [2.24, 2.45) is 5.92 Å². The van der Waals surface area contributed by atoms with Crippen LogP contribution in [0.15, 0.2) is 18.2 Å². The molecule has 2 fully saturated rings. The monoisotopic (exact) mass is 306 g/mol. The Morgan fingerprint density at radius 3 is 2.52 bits per heavy atom. The van der Waals surface area contributed by atoms with Gasteiger partial charge in [-0.25, -0.2) is 0 Å². The Hall–Kier alpha value is -0.570. The third-order valence-corrected chi connectivity index (χ3v) is 5.54. The van der Waals surface area contributed by atoms with E-state index in [2.05, 4.69) is 35.3 Å². The van der Waals surface area contributed by atoms with Crippen molar-refractivity contribution in [1.29, 1.82) is 0 Å². The van der Waals surface area contributed by atoms with Gasteiger partial charge in [-0.05, 0) is 42.9 Å². The number of piperazine rings is 1. The number of aryl methyl sites for hydroxylation is 1.